The zero-order valence-electron chi connectivity index (χ0n) is 12.8. The molecule has 4 heteroatoms. The summed E-state index contributed by atoms with van der Waals surface area (Å²) in [6, 6.07) is 8.80. The lowest BCUT2D eigenvalue weighted by Gasteiger charge is -2.22. The Labute approximate surface area is 130 Å². The molecule has 1 heterocycles. The number of nitrogens with one attached hydrogen (secondary N) is 1. The molecule has 1 unspecified atom stereocenters. The summed E-state index contributed by atoms with van der Waals surface area (Å²) >= 11 is 1.78. The molecule has 3 nitrogen and oxygen atoms in total. The molecule has 0 radical (unpaired) electrons. The van der Waals surface area contributed by atoms with Gasteiger partial charge in [-0.15, -0.1) is 10.2 Å². The molecule has 0 amide bonds. The maximum absolute atomic E-state index is 4.44. The number of rotatable bonds is 5. The second-order valence-corrected chi connectivity index (χ2v) is 7.36. The van der Waals surface area contributed by atoms with Gasteiger partial charge in [0.1, 0.15) is 10.0 Å². The zero-order chi connectivity index (χ0) is 14.7. The monoisotopic (exact) mass is 301 g/mol. The van der Waals surface area contributed by atoms with Crippen LogP contribution in [0.15, 0.2) is 24.3 Å². The molecular weight excluding hydrogens is 278 g/mol. The van der Waals surface area contributed by atoms with Crippen molar-refractivity contribution < 1.29 is 0 Å². The van der Waals surface area contributed by atoms with Crippen LogP contribution in [0.4, 0.5) is 0 Å². The van der Waals surface area contributed by atoms with Crippen molar-refractivity contribution in [2.45, 2.75) is 45.6 Å². The van der Waals surface area contributed by atoms with E-state index in [1.807, 2.05) is 0 Å². The van der Waals surface area contributed by atoms with Crippen molar-refractivity contribution in [2.75, 3.05) is 6.54 Å². The molecule has 0 saturated heterocycles. The fourth-order valence-corrected chi connectivity index (χ4v) is 3.83. The van der Waals surface area contributed by atoms with Crippen LogP contribution in [0.5, 0.6) is 0 Å². The Morgan fingerprint density at radius 2 is 2.05 bits per heavy atom. The number of nitrogens with zero attached hydrogens (tertiary/aromatic N) is 2. The number of fused-ring (bicyclic) bond motifs is 1. The van der Waals surface area contributed by atoms with E-state index < -0.39 is 0 Å². The van der Waals surface area contributed by atoms with Crippen LogP contribution in [0.1, 0.15) is 47.3 Å². The van der Waals surface area contributed by atoms with Crippen LogP contribution in [-0.2, 0) is 19.4 Å². The molecule has 0 bridgehead atoms. The van der Waals surface area contributed by atoms with E-state index in [-0.39, 0.29) is 0 Å². The quantitative estimate of drug-likeness (QED) is 0.917. The van der Waals surface area contributed by atoms with Gasteiger partial charge in [0.05, 0.1) is 0 Å². The Morgan fingerprint density at radius 3 is 2.86 bits per heavy atom. The van der Waals surface area contributed by atoms with Gasteiger partial charge in [-0.25, -0.2) is 0 Å². The van der Waals surface area contributed by atoms with Crippen LogP contribution in [0.2, 0.25) is 0 Å². The lowest BCUT2D eigenvalue weighted by atomic mass is 9.84. The fraction of sp³-hybridized carbons (Fsp3) is 0.529. The molecule has 0 spiro atoms. The molecular formula is C17H23N3S. The fourth-order valence-electron chi connectivity index (χ4n) is 2.88. The number of aromatic nitrogens is 2. The molecule has 1 aliphatic carbocycles. The molecule has 0 aliphatic heterocycles. The van der Waals surface area contributed by atoms with E-state index in [4.69, 9.17) is 0 Å². The standard InChI is InChI=1S/C17H23N3S/c1-12(2)10-18-11-16-19-20-17(21-16)15-8-7-13-5-3-4-6-14(13)9-15/h3-6,12,15,18H,7-11H2,1-2H3. The van der Waals surface area contributed by atoms with E-state index in [0.29, 0.717) is 11.8 Å². The predicted molar refractivity (Wildman–Crippen MR) is 87.7 cm³/mol. The summed E-state index contributed by atoms with van der Waals surface area (Å²) in [7, 11) is 0. The Kier molecular flexibility index (Phi) is 4.66. The molecule has 1 aromatic carbocycles. The van der Waals surface area contributed by atoms with Crippen LogP contribution < -0.4 is 5.32 Å². The van der Waals surface area contributed by atoms with Gasteiger partial charge in [-0.3, -0.25) is 0 Å². The summed E-state index contributed by atoms with van der Waals surface area (Å²) < 4.78 is 0. The summed E-state index contributed by atoms with van der Waals surface area (Å²) in [4.78, 5) is 0. The highest BCUT2D eigenvalue weighted by molar-refractivity contribution is 7.11. The number of benzene rings is 1. The average molecular weight is 301 g/mol. The average Bonchev–Trinajstić information content (AvgIpc) is 2.95. The number of aryl methyl sites for hydroxylation is 1. The molecule has 1 aliphatic rings. The Balaban J connectivity index is 1.62. The van der Waals surface area contributed by atoms with Gasteiger partial charge in [0.15, 0.2) is 0 Å². The number of hydrogen-bond acceptors (Lipinski definition) is 4. The second-order valence-electron chi connectivity index (χ2n) is 6.27. The summed E-state index contributed by atoms with van der Waals surface area (Å²) in [5.41, 5.74) is 3.00. The smallest absolute Gasteiger partial charge is 0.131 e. The minimum Gasteiger partial charge on any atom is -0.310 e. The first-order valence-corrected chi connectivity index (χ1v) is 8.64. The highest BCUT2D eigenvalue weighted by atomic mass is 32.1. The van der Waals surface area contributed by atoms with Gasteiger partial charge in [0.2, 0.25) is 0 Å². The molecule has 1 atom stereocenters. The first kappa shape index (κ1) is 14.7. The minimum atomic E-state index is 0.552. The van der Waals surface area contributed by atoms with Gasteiger partial charge >= 0.3 is 0 Å². The van der Waals surface area contributed by atoms with E-state index in [1.165, 1.54) is 29.0 Å². The maximum Gasteiger partial charge on any atom is 0.131 e. The van der Waals surface area contributed by atoms with Crippen LogP contribution in [-0.4, -0.2) is 16.7 Å². The molecule has 0 saturated carbocycles. The Bertz CT molecular complexity index is 591. The third-order valence-corrected chi connectivity index (χ3v) is 5.09. The Hall–Kier alpha value is -1.26. The van der Waals surface area contributed by atoms with E-state index in [9.17, 15) is 0 Å². The molecule has 1 N–H and O–H groups in total. The van der Waals surface area contributed by atoms with E-state index in [0.717, 1.165) is 24.5 Å². The second kappa shape index (κ2) is 6.67. The molecule has 0 fully saturated rings. The van der Waals surface area contributed by atoms with Crippen molar-refractivity contribution in [2.24, 2.45) is 5.92 Å². The van der Waals surface area contributed by atoms with Crippen LogP contribution in [0, 0.1) is 5.92 Å². The zero-order valence-corrected chi connectivity index (χ0v) is 13.6. The number of hydrogen-bond donors (Lipinski definition) is 1. The van der Waals surface area contributed by atoms with Crippen molar-refractivity contribution in [1.29, 1.82) is 0 Å². The summed E-state index contributed by atoms with van der Waals surface area (Å²) in [5, 5.41) is 14.6. The Morgan fingerprint density at radius 1 is 1.24 bits per heavy atom. The van der Waals surface area contributed by atoms with Crippen molar-refractivity contribution in [3.05, 3.63) is 45.4 Å². The maximum atomic E-state index is 4.44. The van der Waals surface area contributed by atoms with Gasteiger partial charge in [-0.05, 0) is 42.9 Å². The first-order valence-electron chi connectivity index (χ1n) is 7.82. The molecule has 112 valence electrons. The van der Waals surface area contributed by atoms with Crippen molar-refractivity contribution in [3.63, 3.8) is 0 Å². The summed E-state index contributed by atoms with van der Waals surface area (Å²) in [5.74, 6) is 1.23. The van der Waals surface area contributed by atoms with Crippen LogP contribution >= 0.6 is 11.3 Å². The highest BCUT2D eigenvalue weighted by Gasteiger charge is 2.22. The van der Waals surface area contributed by atoms with E-state index in [1.54, 1.807) is 11.3 Å². The molecule has 2 aromatic rings. The van der Waals surface area contributed by atoms with E-state index in [2.05, 4.69) is 53.6 Å². The topological polar surface area (TPSA) is 37.8 Å². The largest absolute Gasteiger partial charge is 0.310 e. The SMILES string of the molecule is CC(C)CNCc1nnc(C2CCc3ccccc3C2)s1. The summed E-state index contributed by atoms with van der Waals surface area (Å²) in [6.07, 6.45) is 3.48. The molecule has 3 rings (SSSR count). The minimum absolute atomic E-state index is 0.552. The molecule has 1 aromatic heterocycles. The third kappa shape index (κ3) is 3.69. The van der Waals surface area contributed by atoms with Gasteiger partial charge in [-0.2, -0.15) is 0 Å². The van der Waals surface area contributed by atoms with Gasteiger partial charge < -0.3 is 5.32 Å². The van der Waals surface area contributed by atoms with Crippen molar-refractivity contribution in [1.82, 2.24) is 15.5 Å². The first-order chi connectivity index (χ1) is 10.2. The normalized spacial score (nSPS) is 18.0. The summed E-state index contributed by atoms with van der Waals surface area (Å²) in [6.45, 7) is 6.32. The third-order valence-electron chi connectivity index (χ3n) is 4.01. The van der Waals surface area contributed by atoms with Crippen molar-refractivity contribution >= 4 is 11.3 Å². The van der Waals surface area contributed by atoms with Crippen molar-refractivity contribution in [3.8, 4) is 0 Å². The van der Waals surface area contributed by atoms with Gasteiger partial charge in [0.25, 0.3) is 0 Å². The lowest BCUT2D eigenvalue weighted by Crippen LogP contribution is -2.18. The van der Waals surface area contributed by atoms with Gasteiger partial charge in [0, 0.05) is 12.5 Å². The lowest BCUT2D eigenvalue weighted by molar-refractivity contribution is 0.549. The highest BCUT2D eigenvalue weighted by Crippen LogP contribution is 2.33. The van der Waals surface area contributed by atoms with Crippen LogP contribution in [0.3, 0.4) is 0 Å². The molecule has 21 heavy (non-hydrogen) atoms. The van der Waals surface area contributed by atoms with Gasteiger partial charge in [-0.1, -0.05) is 49.4 Å². The predicted octanol–water partition coefficient (Wildman–Crippen LogP) is 3.56. The van der Waals surface area contributed by atoms with Crippen LogP contribution in [0.25, 0.3) is 0 Å². The van der Waals surface area contributed by atoms with E-state index >= 15 is 0 Å².